The summed E-state index contributed by atoms with van der Waals surface area (Å²) in [6, 6.07) is 0. The second kappa shape index (κ2) is 9.91. The fourth-order valence-electron chi connectivity index (χ4n) is 3.14. The van der Waals surface area contributed by atoms with Crippen LogP contribution in [0.25, 0.3) is 0 Å². The van der Waals surface area contributed by atoms with Crippen molar-refractivity contribution in [2.75, 3.05) is 20.3 Å². The second-order valence-corrected chi connectivity index (χ2v) is 7.45. The van der Waals surface area contributed by atoms with E-state index in [0.717, 1.165) is 6.08 Å². The van der Waals surface area contributed by atoms with Crippen LogP contribution in [0.5, 0.6) is 0 Å². The van der Waals surface area contributed by atoms with Crippen molar-refractivity contribution >= 4 is 17.9 Å². The molecule has 160 valence electrons. The van der Waals surface area contributed by atoms with E-state index in [4.69, 9.17) is 18.9 Å². The van der Waals surface area contributed by atoms with E-state index in [0.29, 0.717) is 0 Å². The molecule has 28 heavy (non-hydrogen) atoms. The highest BCUT2D eigenvalue weighted by Gasteiger charge is 2.64. The molecular formula is C20H32O8. The lowest BCUT2D eigenvalue weighted by Crippen LogP contribution is -2.49. The van der Waals surface area contributed by atoms with E-state index in [9.17, 15) is 14.4 Å². The smallest absolute Gasteiger partial charge is 0.379 e. The lowest BCUT2D eigenvalue weighted by atomic mass is 9.90. The molecule has 1 aliphatic rings. The molecule has 0 amide bonds. The summed E-state index contributed by atoms with van der Waals surface area (Å²) < 4.78 is 27.1. The zero-order chi connectivity index (χ0) is 21.5. The lowest BCUT2D eigenvalue weighted by Gasteiger charge is -2.30. The van der Waals surface area contributed by atoms with Crippen LogP contribution in [0.15, 0.2) is 11.8 Å². The molecule has 1 saturated heterocycles. The first-order chi connectivity index (χ1) is 13.1. The fourth-order valence-corrected chi connectivity index (χ4v) is 3.14. The van der Waals surface area contributed by atoms with Gasteiger partial charge in [0.15, 0.2) is 5.76 Å². The largest absolute Gasteiger partial charge is 0.466 e. The van der Waals surface area contributed by atoms with E-state index in [2.05, 4.69) is 4.74 Å². The average molecular weight is 400 g/mol. The first-order valence-electron chi connectivity index (χ1n) is 9.60. The number of esters is 3. The zero-order valence-electron chi connectivity index (χ0n) is 17.8. The molecule has 0 aromatic carbocycles. The first kappa shape index (κ1) is 23.9. The minimum Gasteiger partial charge on any atom is -0.466 e. The highest BCUT2D eigenvalue weighted by molar-refractivity contribution is 5.90. The maximum Gasteiger partial charge on any atom is 0.379 e. The summed E-state index contributed by atoms with van der Waals surface area (Å²) in [6.07, 6.45) is 1.30. The molecule has 0 aromatic heterocycles. The van der Waals surface area contributed by atoms with Gasteiger partial charge in [0.25, 0.3) is 0 Å². The second-order valence-electron chi connectivity index (χ2n) is 7.45. The van der Waals surface area contributed by atoms with Gasteiger partial charge in [0, 0.05) is 6.42 Å². The molecule has 1 fully saturated rings. The molecule has 8 heteroatoms. The van der Waals surface area contributed by atoms with Crippen LogP contribution in [0.2, 0.25) is 0 Å². The average Bonchev–Trinajstić information content (AvgIpc) is 2.89. The molecule has 2 unspecified atom stereocenters. The van der Waals surface area contributed by atoms with Crippen LogP contribution in [-0.4, -0.2) is 49.6 Å². The molecule has 0 saturated carbocycles. The molecule has 0 spiro atoms. The third-order valence-corrected chi connectivity index (χ3v) is 4.03. The van der Waals surface area contributed by atoms with Crippen LogP contribution in [0.3, 0.4) is 0 Å². The minimum atomic E-state index is -1.86. The molecule has 0 bridgehead atoms. The predicted octanol–water partition coefficient (Wildman–Crippen LogP) is 2.74. The Labute approximate surface area is 166 Å². The van der Waals surface area contributed by atoms with Crippen molar-refractivity contribution in [1.82, 2.24) is 0 Å². The molecular weight excluding hydrogens is 368 g/mol. The Morgan fingerprint density at radius 1 is 0.964 bits per heavy atom. The van der Waals surface area contributed by atoms with Gasteiger partial charge in [-0.15, -0.1) is 0 Å². The van der Waals surface area contributed by atoms with Crippen LogP contribution in [0, 0.1) is 11.8 Å². The van der Waals surface area contributed by atoms with Crippen molar-refractivity contribution < 1.29 is 38.1 Å². The topological polar surface area (TPSA) is 97.4 Å². The van der Waals surface area contributed by atoms with E-state index >= 15 is 0 Å². The third-order valence-electron chi connectivity index (χ3n) is 4.03. The van der Waals surface area contributed by atoms with Crippen molar-refractivity contribution in [1.29, 1.82) is 0 Å². The Morgan fingerprint density at radius 2 is 1.50 bits per heavy atom. The maximum absolute atomic E-state index is 13.0. The molecule has 1 rings (SSSR count). The van der Waals surface area contributed by atoms with Crippen molar-refractivity contribution in [3.63, 3.8) is 0 Å². The van der Waals surface area contributed by atoms with Gasteiger partial charge in [-0.25, -0.2) is 14.4 Å². The summed E-state index contributed by atoms with van der Waals surface area (Å²) in [5.74, 6) is -4.25. The quantitative estimate of drug-likeness (QED) is 0.331. The zero-order valence-corrected chi connectivity index (χ0v) is 17.8. The molecule has 1 aliphatic heterocycles. The van der Waals surface area contributed by atoms with Gasteiger partial charge in [0.1, 0.15) is 0 Å². The Bertz CT molecular complexity index is 609. The standard InChI is InChI=1S/C20H32O8/c1-8-25-17(22)19(11-13(3)4)15(10-16(21)24-7)27-20(28-19,12-14(5)6)18(23)26-9-2/h10,13-14H,8-9,11-12H2,1-7H3/b15-10-. The highest BCUT2D eigenvalue weighted by atomic mass is 16.8. The Kier molecular flexibility index (Phi) is 8.48. The van der Waals surface area contributed by atoms with Gasteiger partial charge in [-0.3, -0.25) is 0 Å². The summed E-state index contributed by atoms with van der Waals surface area (Å²) in [6.45, 7) is 11.1. The van der Waals surface area contributed by atoms with E-state index in [-0.39, 0.29) is 43.7 Å². The number of carbonyl (C=O) groups excluding carboxylic acids is 3. The number of rotatable bonds is 9. The summed E-state index contributed by atoms with van der Waals surface area (Å²) in [7, 11) is 1.20. The van der Waals surface area contributed by atoms with Crippen LogP contribution in [0.1, 0.15) is 54.4 Å². The van der Waals surface area contributed by atoms with Gasteiger partial charge in [-0.1, -0.05) is 27.7 Å². The van der Waals surface area contributed by atoms with Crippen molar-refractivity contribution in [3.8, 4) is 0 Å². The Balaban J connectivity index is 3.62. The number of methoxy groups -OCH3 is 1. The Hall–Kier alpha value is -2.09. The summed E-state index contributed by atoms with van der Waals surface area (Å²) >= 11 is 0. The SMILES string of the molecule is CCOC(=O)C1(CC(C)C)O/C(=C\C(=O)OC)C(CC(C)C)(C(=O)OCC)O1. The summed E-state index contributed by atoms with van der Waals surface area (Å²) in [5, 5.41) is 0. The normalized spacial score (nSPS) is 25.7. The van der Waals surface area contributed by atoms with E-state index in [1.165, 1.54) is 7.11 Å². The van der Waals surface area contributed by atoms with Gasteiger partial charge < -0.3 is 23.7 Å². The predicted molar refractivity (Wildman–Crippen MR) is 99.9 cm³/mol. The number of ether oxygens (including phenoxy) is 5. The molecule has 0 aliphatic carbocycles. The summed E-state index contributed by atoms with van der Waals surface area (Å²) in [5.41, 5.74) is -1.75. The molecule has 0 N–H and O–H groups in total. The lowest BCUT2D eigenvalue weighted by molar-refractivity contribution is -0.228. The van der Waals surface area contributed by atoms with Crippen molar-refractivity contribution in [2.24, 2.45) is 11.8 Å². The van der Waals surface area contributed by atoms with Crippen LogP contribution in [-0.2, 0) is 38.1 Å². The molecule has 1 heterocycles. The molecule has 8 nitrogen and oxygen atoms in total. The number of hydrogen-bond acceptors (Lipinski definition) is 8. The van der Waals surface area contributed by atoms with Crippen LogP contribution >= 0.6 is 0 Å². The van der Waals surface area contributed by atoms with Gasteiger partial charge in [0.05, 0.1) is 26.4 Å². The molecule has 0 aromatic rings. The minimum absolute atomic E-state index is 0.0270. The molecule has 2 atom stereocenters. The van der Waals surface area contributed by atoms with Gasteiger partial charge in [-0.2, -0.15) is 0 Å². The number of carbonyl (C=O) groups is 3. The van der Waals surface area contributed by atoms with Gasteiger partial charge in [0.2, 0.25) is 5.60 Å². The van der Waals surface area contributed by atoms with Crippen molar-refractivity contribution in [3.05, 3.63) is 11.8 Å². The maximum atomic E-state index is 13.0. The van der Waals surface area contributed by atoms with E-state index in [1.54, 1.807) is 13.8 Å². The van der Waals surface area contributed by atoms with Gasteiger partial charge >= 0.3 is 23.7 Å². The monoisotopic (exact) mass is 400 g/mol. The number of hydrogen-bond donors (Lipinski definition) is 0. The summed E-state index contributed by atoms with van der Waals surface area (Å²) in [4.78, 5) is 37.7. The third kappa shape index (κ3) is 5.25. The van der Waals surface area contributed by atoms with Crippen LogP contribution < -0.4 is 0 Å². The van der Waals surface area contributed by atoms with E-state index < -0.39 is 29.3 Å². The molecule has 0 radical (unpaired) electrons. The highest BCUT2D eigenvalue weighted by Crippen LogP contribution is 2.47. The first-order valence-corrected chi connectivity index (χ1v) is 9.60. The van der Waals surface area contributed by atoms with E-state index in [1.807, 2.05) is 27.7 Å². The van der Waals surface area contributed by atoms with Crippen LogP contribution in [0.4, 0.5) is 0 Å². The van der Waals surface area contributed by atoms with Crippen molar-refractivity contribution in [2.45, 2.75) is 65.8 Å². The van der Waals surface area contributed by atoms with Gasteiger partial charge in [-0.05, 0) is 32.1 Å². The Morgan fingerprint density at radius 3 is 1.96 bits per heavy atom. The fraction of sp³-hybridized carbons (Fsp3) is 0.750.